The predicted molar refractivity (Wildman–Crippen MR) is 69.4 cm³/mol. The molecule has 0 heterocycles. The Morgan fingerprint density at radius 2 is 1.94 bits per heavy atom. The zero-order chi connectivity index (χ0) is 12.1. The number of hydrogen-bond donors (Lipinski definition) is 1. The van der Waals surface area contributed by atoms with Gasteiger partial charge in [-0.25, -0.2) is 4.39 Å². The maximum absolute atomic E-state index is 13.7. The maximum Gasteiger partial charge on any atom is 0.127 e. The van der Waals surface area contributed by atoms with Crippen LogP contribution >= 0.6 is 0 Å². The average molecular weight is 235 g/mol. The Morgan fingerprint density at radius 3 is 2.59 bits per heavy atom. The molecule has 0 bridgehead atoms. The first kappa shape index (κ1) is 12.6. The largest absolute Gasteiger partial charge is 0.307 e. The lowest BCUT2D eigenvalue weighted by molar-refractivity contribution is 0.330. The SMILES string of the molecule is CCC(NC1CCCCC1)c1ccccc1F. The van der Waals surface area contributed by atoms with Crippen LogP contribution in [-0.4, -0.2) is 6.04 Å². The Morgan fingerprint density at radius 1 is 1.24 bits per heavy atom. The molecule has 0 aliphatic heterocycles. The lowest BCUT2D eigenvalue weighted by Gasteiger charge is -2.28. The van der Waals surface area contributed by atoms with Gasteiger partial charge in [0, 0.05) is 17.6 Å². The van der Waals surface area contributed by atoms with Crippen LogP contribution in [0, 0.1) is 5.82 Å². The molecule has 1 nitrogen and oxygen atoms in total. The van der Waals surface area contributed by atoms with Crippen molar-refractivity contribution in [1.82, 2.24) is 5.32 Å². The Kier molecular flexibility index (Phi) is 4.55. The van der Waals surface area contributed by atoms with E-state index in [4.69, 9.17) is 0 Å². The highest BCUT2D eigenvalue weighted by Gasteiger charge is 2.19. The van der Waals surface area contributed by atoms with E-state index in [-0.39, 0.29) is 11.9 Å². The zero-order valence-corrected chi connectivity index (χ0v) is 10.6. The van der Waals surface area contributed by atoms with Crippen LogP contribution in [0.1, 0.15) is 57.1 Å². The van der Waals surface area contributed by atoms with Gasteiger partial charge in [-0.05, 0) is 25.3 Å². The molecule has 0 saturated heterocycles. The average Bonchev–Trinajstić information content (AvgIpc) is 2.38. The van der Waals surface area contributed by atoms with E-state index >= 15 is 0 Å². The summed E-state index contributed by atoms with van der Waals surface area (Å²) in [5.74, 6) is -0.0809. The van der Waals surface area contributed by atoms with E-state index in [2.05, 4.69) is 12.2 Å². The van der Waals surface area contributed by atoms with Crippen LogP contribution in [0.25, 0.3) is 0 Å². The molecule has 94 valence electrons. The number of halogens is 1. The van der Waals surface area contributed by atoms with Crippen molar-refractivity contribution in [1.29, 1.82) is 0 Å². The van der Waals surface area contributed by atoms with Crippen molar-refractivity contribution in [2.45, 2.75) is 57.5 Å². The maximum atomic E-state index is 13.7. The summed E-state index contributed by atoms with van der Waals surface area (Å²) in [5, 5.41) is 3.62. The molecule has 2 rings (SSSR count). The van der Waals surface area contributed by atoms with Gasteiger partial charge in [0.2, 0.25) is 0 Å². The molecule has 1 aromatic carbocycles. The molecule has 0 radical (unpaired) electrons. The van der Waals surface area contributed by atoms with E-state index in [1.807, 2.05) is 12.1 Å². The Labute approximate surface area is 103 Å². The molecular weight excluding hydrogens is 213 g/mol. The van der Waals surface area contributed by atoms with Gasteiger partial charge in [0.15, 0.2) is 0 Å². The third kappa shape index (κ3) is 3.29. The molecule has 1 N–H and O–H groups in total. The van der Waals surface area contributed by atoms with Crippen molar-refractivity contribution in [3.63, 3.8) is 0 Å². The van der Waals surface area contributed by atoms with Gasteiger partial charge in [-0.2, -0.15) is 0 Å². The molecule has 0 amide bonds. The summed E-state index contributed by atoms with van der Waals surface area (Å²) in [4.78, 5) is 0. The van der Waals surface area contributed by atoms with E-state index in [1.165, 1.54) is 32.1 Å². The van der Waals surface area contributed by atoms with Gasteiger partial charge in [-0.1, -0.05) is 44.4 Å². The lowest BCUT2D eigenvalue weighted by Crippen LogP contribution is -2.34. The molecule has 1 fully saturated rings. The van der Waals surface area contributed by atoms with Gasteiger partial charge < -0.3 is 5.32 Å². The number of rotatable bonds is 4. The van der Waals surface area contributed by atoms with Crippen LogP contribution < -0.4 is 5.32 Å². The third-order valence-corrected chi connectivity index (χ3v) is 3.73. The summed E-state index contributed by atoms with van der Waals surface area (Å²) >= 11 is 0. The first-order valence-corrected chi connectivity index (χ1v) is 6.81. The Balaban J connectivity index is 2.03. The van der Waals surface area contributed by atoms with Gasteiger partial charge in [0.25, 0.3) is 0 Å². The van der Waals surface area contributed by atoms with Gasteiger partial charge in [-0.15, -0.1) is 0 Å². The molecular formula is C15H22FN. The van der Waals surface area contributed by atoms with Crippen LogP contribution in [0.2, 0.25) is 0 Å². The highest BCUT2D eigenvalue weighted by Crippen LogP contribution is 2.24. The first-order valence-electron chi connectivity index (χ1n) is 6.81. The van der Waals surface area contributed by atoms with Crippen molar-refractivity contribution in [3.05, 3.63) is 35.6 Å². The molecule has 1 saturated carbocycles. The molecule has 0 aromatic heterocycles. The van der Waals surface area contributed by atoms with Gasteiger partial charge in [0.05, 0.1) is 0 Å². The molecule has 1 aromatic rings. The number of hydrogen-bond acceptors (Lipinski definition) is 1. The molecule has 1 unspecified atom stereocenters. The summed E-state index contributed by atoms with van der Waals surface area (Å²) in [5.41, 5.74) is 0.820. The molecule has 0 spiro atoms. The highest BCUT2D eigenvalue weighted by atomic mass is 19.1. The second-order valence-electron chi connectivity index (χ2n) is 4.98. The van der Waals surface area contributed by atoms with Crippen molar-refractivity contribution in [2.75, 3.05) is 0 Å². The van der Waals surface area contributed by atoms with Crippen LogP contribution in [0.15, 0.2) is 24.3 Å². The second-order valence-corrected chi connectivity index (χ2v) is 4.98. The van der Waals surface area contributed by atoms with Crippen LogP contribution in [0.3, 0.4) is 0 Å². The lowest BCUT2D eigenvalue weighted by atomic mass is 9.93. The zero-order valence-electron chi connectivity index (χ0n) is 10.6. The predicted octanol–water partition coefficient (Wildman–Crippen LogP) is 4.20. The standard InChI is InChI=1S/C15H22FN/c1-2-15(13-10-6-7-11-14(13)16)17-12-8-4-3-5-9-12/h6-7,10-12,15,17H,2-5,8-9H2,1H3. The van der Waals surface area contributed by atoms with E-state index in [1.54, 1.807) is 12.1 Å². The Bertz CT molecular complexity index is 345. The highest BCUT2D eigenvalue weighted by molar-refractivity contribution is 5.21. The van der Waals surface area contributed by atoms with E-state index in [0.717, 1.165) is 12.0 Å². The normalized spacial score (nSPS) is 19.2. The van der Waals surface area contributed by atoms with Crippen molar-refractivity contribution < 1.29 is 4.39 Å². The van der Waals surface area contributed by atoms with Crippen LogP contribution in [-0.2, 0) is 0 Å². The summed E-state index contributed by atoms with van der Waals surface area (Å²) in [6.07, 6.45) is 7.40. The minimum absolute atomic E-state index is 0.0809. The van der Waals surface area contributed by atoms with E-state index in [0.29, 0.717) is 6.04 Å². The van der Waals surface area contributed by atoms with E-state index < -0.39 is 0 Å². The Hall–Kier alpha value is -0.890. The fourth-order valence-electron chi connectivity index (χ4n) is 2.74. The minimum atomic E-state index is -0.0809. The fourth-order valence-corrected chi connectivity index (χ4v) is 2.74. The van der Waals surface area contributed by atoms with Gasteiger partial charge in [-0.3, -0.25) is 0 Å². The summed E-state index contributed by atoms with van der Waals surface area (Å²) in [6.45, 7) is 2.12. The van der Waals surface area contributed by atoms with Crippen LogP contribution in [0.5, 0.6) is 0 Å². The molecule has 1 aliphatic carbocycles. The van der Waals surface area contributed by atoms with Crippen LogP contribution in [0.4, 0.5) is 4.39 Å². The third-order valence-electron chi connectivity index (χ3n) is 3.73. The summed E-state index contributed by atoms with van der Waals surface area (Å²) < 4.78 is 13.7. The number of benzene rings is 1. The smallest absolute Gasteiger partial charge is 0.127 e. The molecule has 2 heteroatoms. The number of nitrogens with one attached hydrogen (secondary N) is 1. The van der Waals surface area contributed by atoms with Crippen molar-refractivity contribution in [3.8, 4) is 0 Å². The van der Waals surface area contributed by atoms with Gasteiger partial charge >= 0.3 is 0 Å². The second kappa shape index (κ2) is 6.15. The van der Waals surface area contributed by atoms with Crippen molar-refractivity contribution in [2.24, 2.45) is 0 Å². The minimum Gasteiger partial charge on any atom is -0.307 e. The monoisotopic (exact) mass is 235 g/mol. The summed E-state index contributed by atoms with van der Waals surface area (Å²) in [7, 11) is 0. The van der Waals surface area contributed by atoms with Crippen molar-refractivity contribution >= 4 is 0 Å². The van der Waals surface area contributed by atoms with Gasteiger partial charge in [0.1, 0.15) is 5.82 Å². The molecule has 1 aliphatic rings. The van der Waals surface area contributed by atoms with E-state index in [9.17, 15) is 4.39 Å². The topological polar surface area (TPSA) is 12.0 Å². The quantitative estimate of drug-likeness (QED) is 0.824. The molecule has 1 atom stereocenters. The fraction of sp³-hybridized carbons (Fsp3) is 0.600. The first-order chi connectivity index (χ1) is 8.31. The summed E-state index contributed by atoms with van der Waals surface area (Å²) in [6, 6.07) is 7.88. The molecule has 17 heavy (non-hydrogen) atoms.